The van der Waals surface area contributed by atoms with Gasteiger partial charge in [-0.3, -0.25) is 9.36 Å². The summed E-state index contributed by atoms with van der Waals surface area (Å²) in [5, 5.41) is 2.85. The van der Waals surface area contributed by atoms with Crippen LogP contribution in [-0.2, 0) is 11.3 Å². The van der Waals surface area contributed by atoms with Crippen LogP contribution in [0.25, 0.3) is 5.95 Å². The number of imidazole rings is 1. The minimum absolute atomic E-state index is 0.0457. The predicted octanol–water partition coefficient (Wildman–Crippen LogP) is 3.18. The standard InChI is InChI=1S/C22H25FN6O/c1-16-12-20(27-22(26-16)28-11-9-24-15-28)29-10-5-4-7-18(29)13-21(30)25-14-17-6-2-3-8-19(17)23/h2-3,6,8-9,11-12,15,18H,4-5,7,10,13-14H2,1H3,(H,25,30). The molecule has 3 aromatic rings. The van der Waals surface area contributed by atoms with Gasteiger partial charge >= 0.3 is 0 Å². The molecule has 1 saturated heterocycles. The highest BCUT2D eigenvalue weighted by Gasteiger charge is 2.26. The average Bonchev–Trinajstić information content (AvgIpc) is 3.28. The lowest BCUT2D eigenvalue weighted by atomic mass is 9.99. The Morgan fingerprint density at radius 3 is 2.93 bits per heavy atom. The molecule has 1 aromatic carbocycles. The summed E-state index contributed by atoms with van der Waals surface area (Å²) in [5.41, 5.74) is 1.35. The van der Waals surface area contributed by atoms with Crippen molar-refractivity contribution in [2.75, 3.05) is 11.4 Å². The molecule has 0 saturated carbocycles. The summed E-state index contributed by atoms with van der Waals surface area (Å²) in [6, 6.07) is 8.49. The lowest BCUT2D eigenvalue weighted by Crippen LogP contribution is -2.43. The van der Waals surface area contributed by atoms with E-state index in [1.807, 2.05) is 19.2 Å². The lowest BCUT2D eigenvalue weighted by molar-refractivity contribution is -0.121. The average molecular weight is 408 g/mol. The highest BCUT2D eigenvalue weighted by Crippen LogP contribution is 2.26. The molecule has 1 N–H and O–H groups in total. The number of nitrogens with one attached hydrogen (secondary N) is 1. The summed E-state index contributed by atoms with van der Waals surface area (Å²) in [4.78, 5) is 28.1. The molecule has 0 radical (unpaired) electrons. The summed E-state index contributed by atoms with van der Waals surface area (Å²) >= 11 is 0. The van der Waals surface area contributed by atoms with Gasteiger partial charge in [-0.2, -0.15) is 4.98 Å². The van der Waals surface area contributed by atoms with Crippen molar-refractivity contribution in [3.63, 3.8) is 0 Å². The van der Waals surface area contributed by atoms with Crippen LogP contribution in [0.3, 0.4) is 0 Å². The summed E-state index contributed by atoms with van der Waals surface area (Å²) in [6.07, 6.45) is 8.55. The summed E-state index contributed by atoms with van der Waals surface area (Å²) in [6.45, 7) is 2.96. The predicted molar refractivity (Wildman–Crippen MR) is 112 cm³/mol. The molecule has 30 heavy (non-hydrogen) atoms. The van der Waals surface area contributed by atoms with E-state index >= 15 is 0 Å². The number of halogens is 1. The van der Waals surface area contributed by atoms with Gasteiger partial charge in [-0.05, 0) is 32.3 Å². The molecule has 0 spiro atoms. The van der Waals surface area contributed by atoms with Crippen LogP contribution in [-0.4, -0.2) is 38.0 Å². The molecule has 1 amide bonds. The summed E-state index contributed by atoms with van der Waals surface area (Å²) < 4.78 is 15.6. The van der Waals surface area contributed by atoms with Gasteiger partial charge in [0.25, 0.3) is 0 Å². The van der Waals surface area contributed by atoms with Gasteiger partial charge in [-0.15, -0.1) is 0 Å². The maximum atomic E-state index is 13.8. The first-order chi connectivity index (χ1) is 14.6. The molecule has 2 aromatic heterocycles. The second kappa shape index (κ2) is 9.02. The van der Waals surface area contributed by atoms with E-state index in [9.17, 15) is 9.18 Å². The van der Waals surface area contributed by atoms with Gasteiger partial charge in [0.2, 0.25) is 11.9 Å². The topological polar surface area (TPSA) is 75.9 Å². The molecule has 1 fully saturated rings. The van der Waals surface area contributed by atoms with E-state index in [1.54, 1.807) is 35.3 Å². The zero-order valence-electron chi connectivity index (χ0n) is 17.0. The zero-order chi connectivity index (χ0) is 20.9. The number of amides is 1. The van der Waals surface area contributed by atoms with Crippen LogP contribution in [0, 0.1) is 12.7 Å². The van der Waals surface area contributed by atoms with Crippen LogP contribution in [0.2, 0.25) is 0 Å². The highest BCUT2D eigenvalue weighted by atomic mass is 19.1. The Balaban J connectivity index is 1.47. The fourth-order valence-electron chi connectivity index (χ4n) is 3.81. The molecule has 8 heteroatoms. The van der Waals surface area contributed by atoms with Gasteiger partial charge < -0.3 is 10.2 Å². The van der Waals surface area contributed by atoms with E-state index in [0.29, 0.717) is 17.9 Å². The van der Waals surface area contributed by atoms with Crippen LogP contribution >= 0.6 is 0 Å². The van der Waals surface area contributed by atoms with Crippen molar-refractivity contribution in [2.24, 2.45) is 0 Å². The third-order valence-electron chi connectivity index (χ3n) is 5.34. The number of carbonyl (C=O) groups is 1. The van der Waals surface area contributed by atoms with Gasteiger partial charge in [-0.25, -0.2) is 14.4 Å². The van der Waals surface area contributed by atoms with E-state index in [0.717, 1.165) is 37.3 Å². The molecule has 4 rings (SSSR count). The van der Waals surface area contributed by atoms with E-state index in [1.165, 1.54) is 6.07 Å². The van der Waals surface area contributed by atoms with E-state index in [2.05, 4.69) is 20.2 Å². The Labute approximate surface area is 175 Å². The van der Waals surface area contributed by atoms with Crippen LogP contribution in [0.5, 0.6) is 0 Å². The number of aryl methyl sites for hydroxylation is 1. The normalized spacial score (nSPS) is 16.5. The number of rotatable bonds is 6. The third kappa shape index (κ3) is 4.64. The van der Waals surface area contributed by atoms with Gasteiger partial charge in [-0.1, -0.05) is 18.2 Å². The maximum absolute atomic E-state index is 13.8. The van der Waals surface area contributed by atoms with Crippen molar-refractivity contribution < 1.29 is 9.18 Å². The van der Waals surface area contributed by atoms with Gasteiger partial charge in [0.1, 0.15) is 18.0 Å². The number of piperidine rings is 1. The van der Waals surface area contributed by atoms with Crippen LogP contribution in [0.15, 0.2) is 49.1 Å². The highest BCUT2D eigenvalue weighted by molar-refractivity contribution is 5.77. The van der Waals surface area contributed by atoms with E-state index < -0.39 is 0 Å². The monoisotopic (exact) mass is 408 g/mol. The molecule has 1 aliphatic heterocycles. The second-order valence-corrected chi connectivity index (χ2v) is 7.55. The zero-order valence-corrected chi connectivity index (χ0v) is 17.0. The Morgan fingerprint density at radius 1 is 1.27 bits per heavy atom. The number of benzene rings is 1. The molecule has 0 bridgehead atoms. The first-order valence-corrected chi connectivity index (χ1v) is 10.2. The van der Waals surface area contributed by atoms with Crippen LogP contribution in [0.1, 0.15) is 36.9 Å². The number of nitrogens with zero attached hydrogens (tertiary/aromatic N) is 5. The number of hydrogen-bond acceptors (Lipinski definition) is 5. The SMILES string of the molecule is Cc1cc(N2CCCCC2CC(=O)NCc2ccccc2F)nc(-n2ccnc2)n1. The molecular formula is C22H25FN6O. The van der Waals surface area contributed by atoms with Crippen molar-refractivity contribution >= 4 is 11.7 Å². The quantitative estimate of drug-likeness (QED) is 0.678. The van der Waals surface area contributed by atoms with Crippen molar-refractivity contribution in [1.82, 2.24) is 24.8 Å². The molecule has 1 aliphatic rings. The smallest absolute Gasteiger partial charge is 0.237 e. The minimum atomic E-state index is -0.305. The summed E-state index contributed by atoms with van der Waals surface area (Å²) in [7, 11) is 0. The second-order valence-electron chi connectivity index (χ2n) is 7.55. The number of carbonyl (C=O) groups excluding carboxylic acids is 1. The third-order valence-corrected chi connectivity index (χ3v) is 5.34. The molecule has 3 heterocycles. The van der Waals surface area contributed by atoms with Gasteiger partial charge in [0, 0.05) is 55.3 Å². The molecular weight excluding hydrogens is 383 g/mol. The van der Waals surface area contributed by atoms with E-state index in [-0.39, 0.29) is 24.3 Å². The summed E-state index contributed by atoms with van der Waals surface area (Å²) in [5.74, 6) is 0.991. The first kappa shape index (κ1) is 20.0. The Kier molecular flexibility index (Phi) is 6.02. The van der Waals surface area contributed by atoms with Crippen LogP contribution in [0.4, 0.5) is 10.2 Å². The molecule has 156 valence electrons. The lowest BCUT2D eigenvalue weighted by Gasteiger charge is -2.36. The number of hydrogen-bond donors (Lipinski definition) is 1. The number of aromatic nitrogens is 4. The molecule has 0 aliphatic carbocycles. The first-order valence-electron chi connectivity index (χ1n) is 10.2. The fourth-order valence-corrected chi connectivity index (χ4v) is 3.81. The van der Waals surface area contributed by atoms with Crippen molar-refractivity contribution in [1.29, 1.82) is 0 Å². The minimum Gasteiger partial charge on any atom is -0.353 e. The number of anilines is 1. The molecule has 1 unspecified atom stereocenters. The van der Waals surface area contributed by atoms with Crippen LogP contribution < -0.4 is 10.2 Å². The van der Waals surface area contributed by atoms with E-state index in [4.69, 9.17) is 4.98 Å². The van der Waals surface area contributed by atoms with Crippen molar-refractivity contribution in [2.45, 2.75) is 45.2 Å². The fraction of sp³-hybridized carbons (Fsp3) is 0.364. The molecule has 7 nitrogen and oxygen atoms in total. The Morgan fingerprint density at radius 2 is 2.13 bits per heavy atom. The largest absolute Gasteiger partial charge is 0.353 e. The molecule has 1 atom stereocenters. The van der Waals surface area contributed by atoms with Gasteiger partial charge in [0.15, 0.2) is 0 Å². The van der Waals surface area contributed by atoms with Crippen molar-refractivity contribution in [3.05, 3.63) is 66.1 Å². The van der Waals surface area contributed by atoms with Crippen molar-refractivity contribution in [3.8, 4) is 5.95 Å². The Hall–Kier alpha value is -3.29. The Bertz CT molecular complexity index is 1010. The maximum Gasteiger partial charge on any atom is 0.237 e. The van der Waals surface area contributed by atoms with Gasteiger partial charge in [0.05, 0.1) is 0 Å².